The fraction of sp³-hybridized carbons (Fsp3) is 0.524. The lowest BCUT2D eigenvalue weighted by atomic mass is 9.77. The Balaban J connectivity index is 2.16. The van der Waals surface area contributed by atoms with Gasteiger partial charge in [-0.15, -0.1) is 11.8 Å². The van der Waals surface area contributed by atoms with Crippen LogP contribution in [0.15, 0.2) is 40.4 Å². The largest absolute Gasteiger partial charge is 0.294 e. The smallest absolute Gasteiger partial charge is 0.168 e. The van der Waals surface area contributed by atoms with Gasteiger partial charge in [0.05, 0.1) is 17.9 Å². The van der Waals surface area contributed by atoms with Gasteiger partial charge in [-0.25, -0.2) is 0 Å². The predicted octanol–water partition coefficient (Wildman–Crippen LogP) is 4.62. The number of rotatable bonds is 7. The molecule has 2 rings (SSSR count). The minimum absolute atomic E-state index is 0.0164. The molecule has 0 atom stereocenters. The van der Waals surface area contributed by atoms with Crippen molar-refractivity contribution in [3.05, 3.63) is 41.1 Å². The van der Waals surface area contributed by atoms with Crippen LogP contribution in [0.4, 0.5) is 0 Å². The molecule has 1 N–H and O–H groups in total. The summed E-state index contributed by atoms with van der Waals surface area (Å²) < 4.78 is -0.203. The van der Waals surface area contributed by atoms with Gasteiger partial charge in [0.25, 0.3) is 0 Å². The van der Waals surface area contributed by atoms with Crippen LogP contribution in [-0.2, 0) is 14.4 Å². The van der Waals surface area contributed by atoms with Gasteiger partial charge in [0.2, 0.25) is 0 Å². The molecule has 0 heterocycles. The third-order valence-corrected chi connectivity index (χ3v) is 6.17. The van der Waals surface area contributed by atoms with Crippen molar-refractivity contribution < 1.29 is 14.4 Å². The number of carbonyl (C=O) groups is 2. The van der Waals surface area contributed by atoms with Crippen LogP contribution < -0.4 is 5.48 Å². The summed E-state index contributed by atoms with van der Waals surface area (Å²) in [5.41, 5.74) is 4.90. The van der Waals surface area contributed by atoms with Gasteiger partial charge in [0, 0.05) is 22.5 Å². The summed E-state index contributed by atoms with van der Waals surface area (Å²) in [6.07, 6.45) is 1.35. The number of carbonyl (C=O) groups excluding carboxylic acids is 2. The number of thioether (sulfide) groups is 1. The number of allylic oxidation sites excluding steroid dienone is 2. The summed E-state index contributed by atoms with van der Waals surface area (Å²) in [5, 5.41) is 0. The molecule has 1 aliphatic rings. The number of hydrogen-bond acceptors (Lipinski definition) is 5. The van der Waals surface area contributed by atoms with Crippen molar-refractivity contribution in [1.82, 2.24) is 5.48 Å². The molecule has 26 heavy (non-hydrogen) atoms. The van der Waals surface area contributed by atoms with Crippen molar-refractivity contribution in [3.63, 3.8) is 0 Å². The lowest BCUT2D eigenvalue weighted by Gasteiger charge is -2.36. The first-order valence-corrected chi connectivity index (χ1v) is 10.0. The SMILES string of the molecule is CCONC(CC)=C1C(=O)CC(C(C)(C)Sc2ccc(C)cc2)CC1=O. The molecule has 1 aromatic rings. The number of hydroxylamine groups is 1. The molecule has 0 saturated heterocycles. The van der Waals surface area contributed by atoms with Crippen LogP contribution in [-0.4, -0.2) is 22.9 Å². The van der Waals surface area contributed by atoms with E-state index in [9.17, 15) is 9.59 Å². The van der Waals surface area contributed by atoms with Crippen molar-refractivity contribution in [3.8, 4) is 0 Å². The van der Waals surface area contributed by atoms with E-state index in [2.05, 4.69) is 50.5 Å². The van der Waals surface area contributed by atoms with Crippen molar-refractivity contribution in [2.75, 3.05) is 6.61 Å². The maximum absolute atomic E-state index is 12.7. The lowest BCUT2D eigenvalue weighted by Crippen LogP contribution is -2.38. The normalized spacial score (nSPS) is 18.2. The summed E-state index contributed by atoms with van der Waals surface area (Å²) in [6.45, 7) is 10.6. The van der Waals surface area contributed by atoms with Gasteiger partial charge in [-0.3, -0.25) is 19.9 Å². The first kappa shape index (κ1) is 20.7. The molecule has 1 aliphatic carbocycles. The molecule has 5 heteroatoms. The van der Waals surface area contributed by atoms with Gasteiger partial charge in [-0.05, 0) is 38.3 Å². The van der Waals surface area contributed by atoms with Crippen LogP contribution in [0.25, 0.3) is 0 Å². The highest BCUT2D eigenvalue weighted by Gasteiger charge is 2.40. The molecule has 0 radical (unpaired) electrons. The highest BCUT2D eigenvalue weighted by Crippen LogP contribution is 2.44. The second-order valence-corrected chi connectivity index (χ2v) is 8.94. The van der Waals surface area contributed by atoms with E-state index in [1.54, 1.807) is 11.8 Å². The Hall–Kier alpha value is -1.59. The molecular formula is C21H29NO3S. The van der Waals surface area contributed by atoms with E-state index in [0.29, 0.717) is 37.1 Å². The van der Waals surface area contributed by atoms with Gasteiger partial charge in [-0.1, -0.05) is 38.5 Å². The second kappa shape index (κ2) is 8.87. The van der Waals surface area contributed by atoms with E-state index >= 15 is 0 Å². The second-order valence-electron chi connectivity index (χ2n) is 7.21. The number of ketones is 2. The molecule has 142 valence electrons. The van der Waals surface area contributed by atoms with Gasteiger partial charge < -0.3 is 0 Å². The molecule has 4 nitrogen and oxygen atoms in total. The van der Waals surface area contributed by atoms with E-state index in [0.717, 1.165) is 4.90 Å². The molecule has 0 bridgehead atoms. The average Bonchev–Trinajstić information content (AvgIpc) is 2.59. The topological polar surface area (TPSA) is 55.4 Å². The molecule has 0 unspecified atom stereocenters. The summed E-state index contributed by atoms with van der Waals surface area (Å²) >= 11 is 1.73. The van der Waals surface area contributed by atoms with Crippen molar-refractivity contribution in [1.29, 1.82) is 0 Å². The van der Waals surface area contributed by atoms with Gasteiger partial charge in [0.1, 0.15) is 0 Å². The number of hydrogen-bond donors (Lipinski definition) is 1. The maximum Gasteiger partial charge on any atom is 0.168 e. The third kappa shape index (κ3) is 4.98. The number of nitrogens with one attached hydrogen (secondary N) is 1. The Morgan fingerprint density at radius 1 is 1.15 bits per heavy atom. The molecule has 1 saturated carbocycles. The molecule has 0 aliphatic heterocycles. The molecule has 1 aromatic carbocycles. The van der Waals surface area contributed by atoms with E-state index < -0.39 is 0 Å². The van der Waals surface area contributed by atoms with Crippen molar-refractivity contribution >= 4 is 23.3 Å². The Bertz CT molecular complexity index is 672. The van der Waals surface area contributed by atoms with Crippen LogP contribution >= 0.6 is 11.8 Å². The Kier molecular flexibility index (Phi) is 7.07. The van der Waals surface area contributed by atoms with Crippen LogP contribution in [0.3, 0.4) is 0 Å². The third-order valence-electron chi connectivity index (χ3n) is 4.80. The number of Topliss-reactive ketones (excluding diaryl/α,β-unsaturated/α-hetero) is 2. The van der Waals surface area contributed by atoms with Gasteiger partial charge in [-0.2, -0.15) is 0 Å². The lowest BCUT2D eigenvalue weighted by molar-refractivity contribution is -0.126. The van der Waals surface area contributed by atoms with Crippen LogP contribution in [0.5, 0.6) is 0 Å². The van der Waals surface area contributed by atoms with Crippen LogP contribution in [0.1, 0.15) is 52.5 Å². The predicted molar refractivity (Wildman–Crippen MR) is 106 cm³/mol. The molecule has 0 spiro atoms. The highest BCUT2D eigenvalue weighted by atomic mass is 32.2. The minimum Gasteiger partial charge on any atom is -0.294 e. The van der Waals surface area contributed by atoms with E-state index in [-0.39, 0.29) is 22.2 Å². The van der Waals surface area contributed by atoms with Crippen molar-refractivity contribution in [2.24, 2.45) is 5.92 Å². The Morgan fingerprint density at radius 3 is 2.23 bits per heavy atom. The maximum atomic E-state index is 12.7. The van der Waals surface area contributed by atoms with Crippen molar-refractivity contribution in [2.45, 2.75) is 63.5 Å². The number of benzene rings is 1. The summed E-state index contributed by atoms with van der Waals surface area (Å²) in [5.74, 6) is -0.136. The quantitative estimate of drug-likeness (QED) is 0.326. The Labute approximate surface area is 160 Å². The zero-order chi connectivity index (χ0) is 19.3. The minimum atomic E-state index is -0.203. The van der Waals surface area contributed by atoms with E-state index in [1.165, 1.54) is 5.56 Å². The fourth-order valence-corrected chi connectivity index (χ4v) is 4.37. The zero-order valence-electron chi connectivity index (χ0n) is 16.3. The fourth-order valence-electron chi connectivity index (χ4n) is 3.16. The summed E-state index contributed by atoms with van der Waals surface area (Å²) in [7, 11) is 0. The van der Waals surface area contributed by atoms with Crippen LogP contribution in [0.2, 0.25) is 0 Å². The Morgan fingerprint density at radius 2 is 1.73 bits per heavy atom. The zero-order valence-corrected chi connectivity index (χ0v) is 17.2. The molecule has 0 amide bonds. The van der Waals surface area contributed by atoms with E-state index in [1.807, 2.05) is 13.8 Å². The summed E-state index contributed by atoms with van der Waals surface area (Å²) in [4.78, 5) is 31.8. The monoisotopic (exact) mass is 375 g/mol. The average molecular weight is 376 g/mol. The standard InChI is InChI=1S/C21H29NO3S/c1-6-17(22-25-7-2)20-18(23)12-15(13-19(20)24)21(4,5)26-16-10-8-14(3)9-11-16/h8-11,15,22H,6-7,12-13H2,1-5H3. The molecular weight excluding hydrogens is 346 g/mol. The first-order chi connectivity index (χ1) is 12.3. The highest BCUT2D eigenvalue weighted by molar-refractivity contribution is 8.00. The molecule has 1 fully saturated rings. The number of aryl methyl sites for hydroxylation is 1. The summed E-state index contributed by atoms with van der Waals surface area (Å²) in [6, 6.07) is 8.37. The molecule has 0 aromatic heterocycles. The van der Waals surface area contributed by atoms with Crippen LogP contribution in [0, 0.1) is 12.8 Å². The van der Waals surface area contributed by atoms with Gasteiger partial charge in [0.15, 0.2) is 11.6 Å². The first-order valence-electron chi connectivity index (χ1n) is 9.21. The van der Waals surface area contributed by atoms with Gasteiger partial charge >= 0.3 is 0 Å². The van der Waals surface area contributed by atoms with E-state index in [4.69, 9.17) is 4.84 Å².